The Morgan fingerprint density at radius 2 is 1.90 bits per heavy atom. The molecule has 3 aromatic rings. The average molecular weight is 407 g/mol. The third-order valence-electron chi connectivity index (χ3n) is 5.17. The highest BCUT2D eigenvalue weighted by Crippen LogP contribution is 2.25. The largest absolute Gasteiger partial charge is 0.322 e. The van der Waals surface area contributed by atoms with Crippen LogP contribution < -0.4 is 10.9 Å². The van der Waals surface area contributed by atoms with Crippen LogP contribution in [0.4, 0.5) is 10.5 Å². The topological polar surface area (TPSA) is 67.2 Å². The molecule has 1 heterocycles. The first-order valence-electron chi connectivity index (χ1n) is 10.4. The van der Waals surface area contributed by atoms with Crippen molar-refractivity contribution in [2.24, 2.45) is 13.0 Å². The van der Waals surface area contributed by atoms with Crippen molar-refractivity contribution in [2.45, 2.75) is 40.2 Å². The molecule has 0 aliphatic carbocycles. The molecule has 0 fully saturated rings. The van der Waals surface area contributed by atoms with Gasteiger partial charge in [0.15, 0.2) is 0 Å². The van der Waals surface area contributed by atoms with E-state index in [2.05, 4.69) is 19.2 Å². The Labute approximate surface area is 177 Å². The van der Waals surface area contributed by atoms with Crippen molar-refractivity contribution in [3.63, 3.8) is 0 Å². The molecule has 158 valence electrons. The number of rotatable bonds is 6. The van der Waals surface area contributed by atoms with Gasteiger partial charge in [0.25, 0.3) is 5.56 Å². The Morgan fingerprint density at radius 1 is 1.17 bits per heavy atom. The van der Waals surface area contributed by atoms with Crippen LogP contribution in [0.25, 0.3) is 10.9 Å². The number of hydrogen-bond donors (Lipinski definition) is 1. The minimum absolute atomic E-state index is 0.0994. The molecule has 0 radical (unpaired) electrons. The predicted molar refractivity (Wildman–Crippen MR) is 122 cm³/mol. The maximum absolute atomic E-state index is 13.3. The molecule has 0 bridgehead atoms. The summed E-state index contributed by atoms with van der Waals surface area (Å²) in [6.45, 7) is 8.71. The second-order valence-electron chi connectivity index (χ2n) is 8.12. The van der Waals surface area contributed by atoms with Gasteiger partial charge in [0.1, 0.15) is 5.82 Å². The zero-order chi connectivity index (χ0) is 21.8. The van der Waals surface area contributed by atoms with Crippen molar-refractivity contribution in [3.05, 3.63) is 70.3 Å². The fourth-order valence-corrected chi connectivity index (χ4v) is 3.74. The maximum Gasteiger partial charge on any atom is 0.322 e. The molecule has 6 heteroatoms. The van der Waals surface area contributed by atoms with Gasteiger partial charge in [0, 0.05) is 19.3 Å². The molecule has 1 aromatic heterocycles. The third-order valence-corrected chi connectivity index (χ3v) is 5.17. The first-order valence-corrected chi connectivity index (χ1v) is 10.4. The van der Waals surface area contributed by atoms with Gasteiger partial charge in [-0.2, -0.15) is 0 Å². The number of benzene rings is 2. The Balaban J connectivity index is 2.03. The molecule has 6 nitrogen and oxygen atoms in total. The first kappa shape index (κ1) is 21.6. The zero-order valence-electron chi connectivity index (χ0n) is 18.3. The number of aromatic nitrogens is 2. The van der Waals surface area contributed by atoms with Gasteiger partial charge in [-0.05, 0) is 49.1 Å². The van der Waals surface area contributed by atoms with E-state index in [9.17, 15) is 9.59 Å². The van der Waals surface area contributed by atoms with E-state index >= 15 is 0 Å². The third kappa shape index (κ3) is 4.53. The molecule has 0 aliphatic heterocycles. The molecule has 0 saturated heterocycles. The number of nitrogens with one attached hydrogen (secondary N) is 1. The van der Waals surface area contributed by atoms with Gasteiger partial charge in [-0.25, -0.2) is 9.78 Å². The summed E-state index contributed by atoms with van der Waals surface area (Å²) in [5, 5.41) is 3.60. The Kier molecular flexibility index (Phi) is 6.55. The molecular weight excluding hydrogens is 376 g/mol. The van der Waals surface area contributed by atoms with Crippen LogP contribution >= 0.6 is 0 Å². The van der Waals surface area contributed by atoms with E-state index in [1.165, 1.54) is 0 Å². The lowest BCUT2D eigenvalue weighted by Gasteiger charge is -2.33. The highest BCUT2D eigenvalue weighted by atomic mass is 16.2. The summed E-state index contributed by atoms with van der Waals surface area (Å²) in [6.07, 6.45) is 0.645. The standard InChI is InChI=1S/C24H30N4O2/c1-6-21(22-26-20-13-8-7-12-19(20)23(29)27(22)5)28(15-16(2)3)24(30)25-18-11-9-10-17(4)14-18/h7-14,16,21H,6,15H2,1-5H3,(H,25,30). The first-order chi connectivity index (χ1) is 14.3. The van der Waals surface area contributed by atoms with Crippen molar-refractivity contribution in [2.75, 3.05) is 11.9 Å². The van der Waals surface area contributed by atoms with Crippen LogP contribution in [-0.4, -0.2) is 27.0 Å². The molecule has 1 atom stereocenters. The molecule has 30 heavy (non-hydrogen) atoms. The van der Waals surface area contributed by atoms with Crippen LogP contribution in [0.2, 0.25) is 0 Å². The highest BCUT2D eigenvalue weighted by Gasteiger charge is 2.28. The van der Waals surface area contributed by atoms with Gasteiger partial charge in [-0.15, -0.1) is 0 Å². The number of nitrogens with zero attached hydrogens (tertiary/aromatic N) is 3. The van der Waals surface area contributed by atoms with Crippen LogP contribution in [0.15, 0.2) is 53.3 Å². The van der Waals surface area contributed by atoms with Crippen LogP contribution in [0.3, 0.4) is 0 Å². The number of para-hydroxylation sites is 1. The normalized spacial score (nSPS) is 12.2. The fraction of sp³-hybridized carbons (Fsp3) is 0.375. The van der Waals surface area contributed by atoms with E-state index in [1.807, 2.05) is 56.3 Å². The summed E-state index contributed by atoms with van der Waals surface area (Å²) in [4.78, 5) is 32.8. The van der Waals surface area contributed by atoms with E-state index in [0.717, 1.165) is 11.3 Å². The summed E-state index contributed by atoms with van der Waals surface area (Å²) in [6, 6.07) is 14.5. The quantitative estimate of drug-likeness (QED) is 0.634. The SMILES string of the molecule is CCC(c1nc2ccccc2c(=O)n1C)N(CC(C)C)C(=O)Nc1cccc(C)c1. The van der Waals surface area contributed by atoms with E-state index in [0.29, 0.717) is 29.7 Å². The van der Waals surface area contributed by atoms with Crippen LogP contribution in [0.5, 0.6) is 0 Å². The molecule has 2 aromatic carbocycles. The van der Waals surface area contributed by atoms with Crippen LogP contribution in [-0.2, 0) is 7.05 Å². The molecule has 0 aliphatic rings. The number of amides is 2. The predicted octanol–water partition coefficient (Wildman–Crippen LogP) is 4.88. The number of carbonyl (C=O) groups excluding carboxylic acids is 1. The number of aryl methyl sites for hydroxylation is 1. The molecule has 0 saturated carbocycles. The van der Waals surface area contributed by atoms with Gasteiger partial charge in [-0.3, -0.25) is 9.36 Å². The van der Waals surface area contributed by atoms with Gasteiger partial charge < -0.3 is 10.2 Å². The maximum atomic E-state index is 13.3. The monoisotopic (exact) mass is 406 g/mol. The highest BCUT2D eigenvalue weighted by molar-refractivity contribution is 5.89. The lowest BCUT2D eigenvalue weighted by molar-refractivity contribution is 0.170. The Morgan fingerprint density at radius 3 is 2.57 bits per heavy atom. The Hall–Kier alpha value is -3.15. The minimum Gasteiger partial charge on any atom is -0.314 e. The smallest absolute Gasteiger partial charge is 0.314 e. The second-order valence-corrected chi connectivity index (χ2v) is 8.12. The van der Waals surface area contributed by atoms with Crippen molar-refractivity contribution in [3.8, 4) is 0 Å². The second kappa shape index (κ2) is 9.11. The molecule has 1 N–H and O–H groups in total. The van der Waals surface area contributed by atoms with Crippen LogP contribution in [0, 0.1) is 12.8 Å². The van der Waals surface area contributed by atoms with Crippen molar-refractivity contribution in [1.29, 1.82) is 0 Å². The van der Waals surface area contributed by atoms with E-state index in [-0.39, 0.29) is 23.6 Å². The lowest BCUT2D eigenvalue weighted by atomic mass is 10.1. The average Bonchev–Trinajstić information content (AvgIpc) is 2.71. The lowest BCUT2D eigenvalue weighted by Crippen LogP contribution is -2.42. The minimum atomic E-state index is -0.320. The van der Waals surface area contributed by atoms with Crippen LogP contribution in [0.1, 0.15) is 44.6 Å². The van der Waals surface area contributed by atoms with E-state index < -0.39 is 0 Å². The number of anilines is 1. The number of carbonyl (C=O) groups is 1. The molecule has 1 unspecified atom stereocenters. The number of urea groups is 1. The Bertz CT molecular complexity index is 1100. The van der Waals surface area contributed by atoms with E-state index in [4.69, 9.17) is 4.98 Å². The zero-order valence-corrected chi connectivity index (χ0v) is 18.3. The van der Waals surface area contributed by atoms with Gasteiger partial charge >= 0.3 is 6.03 Å². The molecule has 2 amide bonds. The number of hydrogen-bond acceptors (Lipinski definition) is 3. The fourth-order valence-electron chi connectivity index (χ4n) is 3.74. The van der Waals surface area contributed by atoms with Gasteiger partial charge in [-0.1, -0.05) is 45.0 Å². The summed E-state index contributed by atoms with van der Waals surface area (Å²) in [5.74, 6) is 0.862. The van der Waals surface area contributed by atoms with Gasteiger partial charge in [0.05, 0.1) is 16.9 Å². The molecule has 0 spiro atoms. The number of fused-ring (bicyclic) bond motifs is 1. The summed E-state index contributed by atoms with van der Waals surface area (Å²) < 4.78 is 1.57. The summed E-state index contributed by atoms with van der Waals surface area (Å²) in [7, 11) is 1.73. The van der Waals surface area contributed by atoms with Crippen molar-refractivity contribution >= 4 is 22.6 Å². The summed E-state index contributed by atoms with van der Waals surface area (Å²) >= 11 is 0. The van der Waals surface area contributed by atoms with Gasteiger partial charge in [0.2, 0.25) is 0 Å². The summed E-state index contributed by atoms with van der Waals surface area (Å²) in [5.41, 5.74) is 2.38. The van der Waals surface area contributed by atoms with Crippen molar-refractivity contribution < 1.29 is 4.79 Å². The van der Waals surface area contributed by atoms with E-state index in [1.54, 1.807) is 22.6 Å². The molecular formula is C24H30N4O2. The molecule has 3 rings (SSSR count). The van der Waals surface area contributed by atoms with Crippen molar-refractivity contribution in [1.82, 2.24) is 14.5 Å².